The number of likely N-dealkylation sites (tertiary alicyclic amines) is 1. The molecular formula is C17H25NO2. The number of nitrogens with zero attached hydrogens (tertiary/aromatic N) is 1. The Bertz CT molecular complexity index is 454. The molecule has 0 aliphatic carbocycles. The van der Waals surface area contributed by atoms with E-state index in [1.807, 2.05) is 7.11 Å². The maximum atomic E-state index is 5.91. The average molecular weight is 275 g/mol. The van der Waals surface area contributed by atoms with Crippen LogP contribution in [-0.4, -0.2) is 43.4 Å². The summed E-state index contributed by atoms with van der Waals surface area (Å²) in [4.78, 5) is 2.58. The van der Waals surface area contributed by atoms with Crippen molar-refractivity contribution < 1.29 is 9.47 Å². The summed E-state index contributed by atoms with van der Waals surface area (Å²) >= 11 is 0. The maximum Gasteiger partial charge on any atom is 0.0992 e. The normalized spacial score (nSPS) is 30.4. The van der Waals surface area contributed by atoms with E-state index in [0.717, 1.165) is 32.5 Å². The van der Waals surface area contributed by atoms with Gasteiger partial charge >= 0.3 is 0 Å². The van der Waals surface area contributed by atoms with Gasteiger partial charge in [0.25, 0.3) is 0 Å². The van der Waals surface area contributed by atoms with Gasteiger partial charge in [-0.3, -0.25) is 4.90 Å². The minimum atomic E-state index is 0.264. The molecule has 0 unspecified atom stereocenters. The Kier molecular flexibility index (Phi) is 4.11. The van der Waals surface area contributed by atoms with Crippen molar-refractivity contribution in [3.63, 3.8) is 0 Å². The Labute approximate surface area is 121 Å². The van der Waals surface area contributed by atoms with Crippen LogP contribution >= 0.6 is 0 Å². The lowest BCUT2D eigenvalue weighted by atomic mass is 9.94. The van der Waals surface area contributed by atoms with Gasteiger partial charge in [0.15, 0.2) is 0 Å². The van der Waals surface area contributed by atoms with E-state index in [1.54, 1.807) is 0 Å². The van der Waals surface area contributed by atoms with Gasteiger partial charge in [0.05, 0.1) is 12.2 Å². The van der Waals surface area contributed by atoms with Crippen LogP contribution in [0.3, 0.4) is 0 Å². The monoisotopic (exact) mass is 275 g/mol. The number of fused-ring (bicyclic) bond motifs is 1. The topological polar surface area (TPSA) is 21.7 Å². The largest absolute Gasteiger partial charge is 0.379 e. The number of piperidine rings is 1. The molecule has 2 heterocycles. The molecule has 3 heteroatoms. The van der Waals surface area contributed by atoms with Crippen molar-refractivity contribution >= 4 is 0 Å². The molecule has 0 saturated carbocycles. The van der Waals surface area contributed by atoms with Crippen LogP contribution < -0.4 is 0 Å². The molecule has 110 valence electrons. The van der Waals surface area contributed by atoms with E-state index in [1.165, 1.54) is 16.7 Å². The van der Waals surface area contributed by atoms with Gasteiger partial charge in [0.1, 0.15) is 0 Å². The zero-order chi connectivity index (χ0) is 14.1. The fraction of sp³-hybridized carbons (Fsp3) is 0.647. The molecule has 1 aromatic rings. The number of benzene rings is 1. The Morgan fingerprint density at radius 1 is 1.20 bits per heavy atom. The molecule has 0 N–H and O–H groups in total. The molecule has 3 nitrogen and oxygen atoms in total. The molecule has 0 spiro atoms. The second-order valence-electron chi connectivity index (χ2n) is 6.22. The number of hydrogen-bond donors (Lipinski definition) is 0. The van der Waals surface area contributed by atoms with Gasteiger partial charge in [0, 0.05) is 32.8 Å². The zero-order valence-corrected chi connectivity index (χ0v) is 12.8. The Hall–Kier alpha value is -0.900. The summed E-state index contributed by atoms with van der Waals surface area (Å²) in [7, 11) is 1.81. The SMILES string of the molecule is CO[C@@H]1CCN(Cc2cc(C)cc(C)c2)[C@H]2CCO[C@H]12. The van der Waals surface area contributed by atoms with Crippen molar-refractivity contribution in [2.45, 2.75) is 51.5 Å². The number of methoxy groups -OCH3 is 1. The van der Waals surface area contributed by atoms with Gasteiger partial charge in [-0.2, -0.15) is 0 Å². The van der Waals surface area contributed by atoms with E-state index >= 15 is 0 Å². The van der Waals surface area contributed by atoms with E-state index in [-0.39, 0.29) is 12.2 Å². The molecule has 2 saturated heterocycles. The fourth-order valence-corrected chi connectivity index (χ4v) is 3.81. The standard InChI is InChI=1S/C17H25NO2/c1-12-8-13(2)10-14(9-12)11-18-6-4-16(19-3)17-15(18)5-7-20-17/h8-10,15-17H,4-7,11H2,1-3H3/t15-,16+,17-/m0/s1. The minimum absolute atomic E-state index is 0.264. The highest BCUT2D eigenvalue weighted by Crippen LogP contribution is 2.31. The van der Waals surface area contributed by atoms with Crippen LogP contribution in [0.5, 0.6) is 0 Å². The summed E-state index contributed by atoms with van der Waals surface area (Å²) in [5, 5.41) is 0. The second kappa shape index (κ2) is 5.84. The van der Waals surface area contributed by atoms with Gasteiger partial charge in [-0.15, -0.1) is 0 Å². The Morgan fingerprint density at radius 3 is 2.65 bits per heavy atom. The van der Waals surface area contributed by atoms with Crippen molar-refractivity contribution in [1.82, 2.24) is 4.90 Å². The average Bonchev–Trinajstić information content (AvgIpc) is 2.87. The maximum absolute atomic E-state index is 5.91. The number of hydrogen-bond acceptors (Lipinski definition) is 3. The van der Waals surface area contributed by atoms with Crippen LogP contribution in [0.25, 0.3) is 0 Å². The Balaban J connectivity index is 1.74. The smallest absolute Gasteiger partial charge is 0.0992 e. The molecule has 2 aliphatic heterocycles. The molecule has 20 heavy (non-hydrogen) atoms. The lowest BCUT2D eigenvalue weighted by molar-refractivity contribution is -0.0845. The molecule has 0 aromatic heterocycles. The quantitative estimate of drug-likeness (QED) is 0.846. The zero-order valence-electron chi connectivity index (χ0n) is 12.8. The van der Waals surface area contributed by atoms with Crippen molar-refractivity contribution in [2.24, 2.45) is 0 Å². The van der Waals surface area contributed by atoms with E-state index in [2.05, 4.69) is 36.9 Å². The summed E-state index contributed by atoms with van der Waals surface area (Å²) in [6.07, 6.45) is 2.75. The first-order chi connectivity index (χ1) is 9.67. The summed E-state index contributed by atoms with van der Waals surface area (Å²) in [5.74, 6) is 0. The predicted octanol–water partition coefficient (Wildman–Crippen LogP) is 2.68. The van der Waals surface area contributed by atoms with Crippen molar-refractivity contribution in [1.29, 1.82) is 0 Å². The van der Waals surface area contributed by atoms with Crippen LogP contribution in [0.4, 0.5) is 0 Å². The fourth-order valence-electron chi connectivity index (χ4n) is 3.81. The molecule has 0 radical (unpaired) electrons. The summed E-state index contributed by atoms with van der Waals surface area (Å²) in [6.45, 7) is 7.36. The molecule has 1 aromatic carbocycles. The van der Waals surface area contributed by atoms with E-state index in [4.69, 9.17) is 9.47 Å². The number of ether oxygens (including phenoxy) is 2. The third-order valence-corrected chi connectivity index (χ3v) is 4.61. The predicted molar refractivity (Wildman–Crippen MR) is 79.9 cm³/mol. The molecule has 0 bridgehead atoms. The molecule has 3 rings (SSSR count). The Morgan fingerprint density at radius 2 is 1.95 bits per heavy atom. The van der Waals surface area contributed by atoms with Gasteiger partial charge in [0.2, 0.25) is 0 Å². The van der Waals surface area contributed by atoms with E-state index < -0.39 is 0 Å². The third kappa shape index (κ3) is 2.76. The highest BCUT2D eigenvalue weighted by Gasteiger charge is 2.42. The van der Waals surface area contributed by atoms with Gasteiger partial charge in [-0.25, -0.2) is 0 Å². The van der Waals surface area contributed by atoms with Crippen molar-refractivity contribution in [2.75, 3.05) is 20.3 Å². The second-order valence-corrected chi connectivity index (χ2v) is 6.22. The van der Waals surface area contributed by atoms with Crippen molar-refractivity contribution in [3.8, 4) is 0 Å². The first kappa shape index (κ1) is 14.1. The first-order valence-corrected chi connectivity index (χ1v) is 7.63. The van der Waals surface area contributed by atoms with Gasteiger partial charge < -0.3 is 9.47 Å². The van der Waals surface area contributed by atoms with Crippen LogP contribution in [-0.2, 0) is 16.0 Å². The lowest BCUT2D eigenvalue weighted by Gasteiger charge is -2.40. The molecule has 2 aliphatic rings. The van der Waals surface area contributed by atoms with E-state index in [9.17, 15) is 0 Å². The highest BCUT2D eigenvalue weighted by atomic mass is 16.5. The van der Waals surface area contributed by atoms with Crippen LogP contribution in [0.1, 0.15) is 29.5 Å². The van der Waals surface area contributed by atoms with Crippen molar-refractivity contribution in [3.05, 3.63) is 34.9 Å². The third-order valence-electron chi connectivity index (χ3n) is 4.61. The minimum Gasteiger partial charge on any atom is -0.379 e. The van der Waals surface area contributed by atoms with Crippen LogP contribution in [0.2, 0.25) is 0 Å². The van der Waals surface area contributed by atoms with Gasteiger partial charge in [-0.05, 0) is 32.3 Å². The molecule has 2 fully saturated rings. The molecular weight excluding hydrogens is 250 g/mol. The highest BCUT2D eigenvalue weighted by molar-refractivity contribution is 5.28. The van der Waals surface area contributed by atoms with Gasteiger partial charge in [-0.1, -0.05) is 29.3 Å². The van der Waals surface area contributed by atoms with E-state index in [0.29, 0.717) is 6.04 Å². The molecule has 0 amide bonds. The lowest BCUT2D eigenvalue weighted by Crippen LogP contribution is -2.52. The van der Waals surface area contributed by atoms with Crippen LogP contribution in [0, 0.1) is 13.8 Å². The summed E-state index contributed by atoms with van der Waals surface area (Å²) in [6, 6.07) is 7.37. The molecule has 3 atom stereocenters. The summed E-state index contributed by atoms with van der Waals surface area (Å²) in [5.41, 5.74) is 4.13. The number of rotatable bonds is 3. The summed E-state index contributed by atoms with van der Waals surface area (Å²) < 4.78 is 11.5. The first-order valence-electron chi connectivity index (χ1n) is 7.63. The number of aryl methyl sites for hydroxylation is 2. The van der Waals surface area contributed by atoms with Crippen LogP contribution in [0.15, 0.2) is 18.2 Å².